The van der Waals surface area contributed by atoms with Gasteiger partial charge in [0.05, 0.1) is 21.3 Å². The largest absolute Gasteiger partial charge is 0.497 e. The molecule has 0 saturated carbocycles. The summed E-state index contributed by atoms with van der Waals surface area (Å²) in [6.07, 6.45) is 0. The number of nitrogens with one attached hydrogen (secondary N) is 2. The fourth-order valence-corrected chi connectivity index (χ4v) is 2.52. The van der Waals surface area contributed by atoms with Gasteiger partial charge in [0.1, 0.15) is 17.2 Å². The first-order valence-corrected chi connectivity index (χ1v) is 8.43. The van der Waals surface area contributed by atoms with E-state index in [9.17, 15) is 9.59 Å². The Morgan fingerprint density at radius 3 is 1.70 bits per heavy atom. The standard InChI is InChI=1S/C20H24N2O5/c1-13-17(26-3)11-15(12-18(13)27-4)20(24)22-10-9-21-19(23)14-5-7-16(25-2)8-6-14/h5-8,11-12H,9-10H2,1-4H3,(H,21,23)(H,22,24). The van der Waals surface area contributed by atoms with Crippen LogP contribution in [0.25, 0.3) is 0 Å². The molecule has 144 valence electrons. The molecule has 2 rings (SSSR count). The summed E-state index contributed by atoms with van der Waals surface area (Å²) >= 11 is 0. The van der Waals surface area contributed by atoms with E-state index in [4.69, 9.17) is 14.2 Å². The minimum atomic E-state index is -0.273. The van der Waals surface area contributed by atoms with Gasteiger partial charge >= 0.3 is 0 Å². The minimum absolute atomic E-state index is 0.217. The van der Waals surface area contributed by atoms with Crippen molar-refractivity contribution in [2.45, 2.75) is 6.92 Å². The van der Waals surface area contributed by atoms with Crippen LogP contribution in [0.2, 0.25) is 0 Å². The van der Waals surface area contributed by atoms with Crippen molar-refractivity contribution in [3.05, 3.63) is 53.1 Å². The molecule has 0 bridgehead atoms. The van der Waals surface area contributed by atoms with Crippen molar-refractivity contribution in [1.82, 2.24) is 10.6 Å². The highest BCUT2D eigenvalue weighted by atomic mass is 16.5. The van der Waals surface area contributed by atoms with Crippen LogP contribution in [0, 0.1) is 6.92 Å². The fourth-order valence-electron chi connectivity index (χ4n) is 2.52. The molecule has 2 aromatic rings. The molecular formula is C20H24N2O5. The van der Waals surface area contributed by atoms with Crippen molar-refractivity contribution in [1.29, 1.82) is 0 Å². The van der Waals surface area contributed by atoms with Crippen molar-refractivity contribution in [3.8, 4) is 17.2 Å². The van der Waals surface area contributed by atoms with Gasteiger partial charge in [0.25, 0.3) is 11.8 Å². The highest BCUT2D eigenvalue weighted by Gasteiger charge is 2.13. The maximum atomic E-state index is 12.3. The Morgan fingerprint density at radius 1 is 0.778 bits per heavy atom. The first-order chi connectivity index (χ1) is 13.0. The van der Waals surface area contributed by atoms with Crippen LogP contribution in [-0.2, 0) is 0 Å². The predicted molar refractivity (Wildman–Crippen MR) is 102 cm³/mol. The third-order valence-electron chi connectivity index (χ3n) is 4.06. The van der Waals surface area contributed by atoms with Gasteiger partial charge in [0, 0.05) is 29.8 Å². The van der Waals surface area contributed by atoms with Crippen LogP contribution in [-0.4, -0.2) is 46.2 Å². The summed E-state index contributed by atoms with van der Waals surface area (Å²) in [7, 11) is 4.65. The number of ether oxygens (including phenoxy) is 3. The highest BCUT2D eigenvalue weighted by molar-refractivity contribution is 5.96. The SMILES string of the molecule is COc1ccc(C(=O)NCCNC(=O)c2cc(OC)c(C)c(OC)c2)cc1. The second kappa shape index (κ2) is 9.47. The molecule has 0 aromatic heterocycles. The molecule has 0 radical (unpaired) electrons. The van der Waals surface area contributed by atoms with E-state index in [0.29, 0.717) is 41.5 Å². The molecule has 27 heavy (non-hydrogen) atoms. The van der Waals surface area contributed by atoms with Crippen LogP contribution in [0.15, 0.2) is 36.4 Å². The molecule has 0 aliphatic heterocycles. The van der Waals surface area contributed by atoms with Crippen LogP contribution < -0.4 is 24.8 Å². The van der Waals surface area contributed by atoms with Gasteiger partial charge in [-0.2, -0.15) is 0 Å². The van der Waals surface area contributed by atoms with Crippen molar-refractivity contribution < 1.29 is 23.8 Å². The fraction of sp³-hybridized carbons (Fsp3) is 0.300. The zero-order chi connectivity index (χ0) is 19.8. The van der Waals surface area contributed by atoms with E-state index in [2.05, 4.69) is 10.6 Å². The average molecular weight is 372 g/mol. The molecule has 0 spiro atoms. The van der Waals surface area contributed by atoms with Crippen LogP contribution in [0.1, 0.15) is 26.3 Å². The average Bonchev–Trinajstić information content (AvgIpc) is 2.71. The molecule has 7 heteroatoms. The summed E-state index contributed by atoms with van der Waals surface area (Å²) < 4.78 is 15.6. The number of carbonyl (C=O) groups excluding carboxylic acids is 2. The lowest BCUT2D eigenvalue weighted by molar-refractivity contribution is 0.0927. The van der Waals surface area contributed by atoms with E-state index in [1.807, 2.05) is 6.92 Å². The molecule has 0 atom stereocenters. The van der Waals surface area contributed by atoms with Crippen LogP contribution in [0.4, 0.5) is 0 Å². The lowest BCUT2D eigenvalue weighted by atomic mass is 10.1. The van der Waals surface area contributed by atoms with E-state index in [1.165, 1.54) is 14.2 Å². The number of benzene rings is 2. The Hall–Kier alpha value is -3.22. The Morgan fingerprint density at radius 2 is 1.26 bits per heavy atom. The number of hydrogen-bond donors (Lipinski definition) is 2. The highest BCUT2D eigenvalue weighted by Crippen LogP contribution is 2.29. The van der Waals surface area contributed by atoms with Gasteiger partial charge in [-0.25, -0.2) is 0 Å². The zero-order valence-electron chi connectivity index (χ0n) is 15.9. The molecule has 2 amide bonds. The van der Waals surface area contributed by atoms with Crippen molar-refractivity contribution in [2.24, 2.45) is 0 Å². The minimum Gasteiger partial charge on any atom is -0.497 e. The van der Waals surface area contributed by atoms with Crippen LogP contribution in [0.3, 0.4) is 0 Å². The van der Waals surface area contributed by atoms with Crippen LogP contribution in [0.5, 0.6) is 17.2 Å². The Labute approximate surface area is 158 Å². The van der Waals surface area contributed by atoms with Gasteiger partial charge in [0.15, 0.2) is 0 Å². The number of amides is 2. The zero-order valence-corrected chi connectivity index (χ0v) is 15.9. The van der Waals surface area contributed by atoms with Gasteiger partial charge in [-0.3, -0.25) is 9.59 Å². The number of rotatable bonds is 8. The molecule has 7 nitrogen and oxygen atoms in total. The van der Waals surface area contributed by atoms with Gasteiger partial charge in [-0.1, -0.05) is 0 Å². The molecule has 0 aliphatic rings. The quantitative estimate of drug-likeness (QED) is 0.694. The normalized spacial score (nSPS) is 10.1. The Balaban J connectivity index is 1.87. The third kappa shape index (κ3) is 5.13. The Bertz CT molecular complexity index is 778. The molecular weight excluding hydrogens is 348 g/mol. The van der Waals surface area contributed by atoms with Gasteiger partial charge in [0.2, 0.25) is 0 Å². The van der Waals surface area contributed by atoms with Crippen molar-refractivity contribution >= 4 is 11.8 Å². The topological polar surface area (TPSA) is 85.9 Å². The third-order valence-corrected chi connectivity index (χ3v) is 4.06. The lowest BCUT2D eigenvalue weighted by Gasteiger charge is -2.13. The first-order valence-electron chi connectivity index (χ1n) is 8.43. The molecule has 2 aromatic carbocycles. The van der Waals surface area contributed by atoms with Gasteiger partial charge in [-0.05, 0) is 43.3 Å². The first kappa shape index (κ1) is 20.1. The molecule has 0 aliphatic carbocycles. The molecule has 0 saturated heterocycles. The predicted octanol–water partition coefficient (Wildman–Crippen LogP) is 2.18. The monoisotopic (exact) mass is 372 g/mol. The van der Waals surface area contributed by atoms with E-state index >= 15 is 0 Å². The summed E-state index contributed by atoms with van der Waals surface area (Å²) in [5, 5.41) is 5.51. The lowest BCUT2D eigenvalue weighted by Crippen LogP contribution is -2.34. The van der Waals surface area contributed by atoms with Crippen LogP contribution >= 0.6 is 0 Å². The van der Waals surface area contributed by atoms with Crippen molar-refractivity contribution in [3.63, 3.8) is 0 Å². The number of carbonyl (C=O) groups is 2. The number of methoxy groups -OCH3 is 3. The summed E-state index contributed by atoms with van der Waals surface area (Å²) in [4.78, 5) is 24.4. The second-order valence-corrected chi connectivity index (χ2v) is 5.75. The summed E-state index contributed by atoms with van der Waals surface area (Å²) in [6, 6.07) is 10.1. The second-order valence-electron chi connectivity index (χ2n) is 5.75. The van der Waals surface area contributed by atoms with E-state index in [0.717, 1.165) is 5.56 Å². The van der Waals surface area contributed by atoms with Gasteiger partial charge in [-0.15, -0.1) is 0 Å². The number of hydrogen-bond acceptors (Lipinski definition) is 5. The Kier molecular flexibility index (Phi) is 7.05. The summed E-state index contributed by atoms with van der Waals surface area (Å²) in [5.74, 6) is 1.35. The molecule has 0 unspecified atom stereocenters. The molecule has 0 heterocycles. The maximum absolute atomic E-state index is 12.3. The smallest absolute Gasteiger partial charge is 0.251 e. The van der Waals surface area contributed by atoms with E-state index < -0.39 is 0 Å². The molecule has 2 N–H and O–H groups in total. The summed E-state index contributed by atoms with van der Waals surface area (Å²) in [6.45, 7) is 2.45. The van der Waals surface area contributed by atoms with Crippen molar-refractivity contribution in [2.75, 3.05) is 34.4 Å². The van der Waals surface area contributed by atoms with E-state index in [-0.39, 0.29) is 11.8 Å². The molecule has 0 fully saturated rings. The van der Waals surface area contributed by atoms with Gasteiger partial charge < -0.3 is 24.8 Å². The summed E-state index contributed by atoms with van der Waals surface area (Å²) in [5.41, 5.74) is 1.77. The van der Waals surface area contributed by atoms with E-state index in [1.54, 1.807) is 43.5 Å². The maximum Gasteiger partial charge on any atom is 0.251 e.